The summed E-state index contributed by atoms with van der Waals surface area (Å²) in [5.41, 5.74) is 2.10. The number of aryl methyl sites for hydroxylation is 1. The van der Waals surface area contributed by atoms with E-state index in [1.54, 1.807) is 18.2 Å². The second-order valence-electron chi connectivity index (χ2n) is 7.54. The second-order valence-corrected chi connectivity index (χ2v) is 7.54. The van der Waals surface area contributed by atoms with Crippen LogP contribution in [0.4, 0.5) is 5.69 Å². The van der Waals surface area contributed by atoms with Crippen LogP contribution in [0.1, 0.15) is 61.9 Å². The molecule has 1 aromatic rings. The lowest BCUT2D eigenvalue weighted by Crippen LogP contribution is -2.38. The molecule has 2 amide bonds. The molecule has 2 rings (SSSR count). The lowest BCUT2D eigenvalue weighted by atomic mass is 9.86. The molecule has 142 valence electrons. The number of carboxylic acids is 1. The third kappa shape index (κ3) is 5.58. The number of benzene rings is 1. The largest absolute Gasteiger partial charge is 0.481 e. The zero-order valence-electron chi connectivity index (χ0n) is 15.7. The van der Waals surface area contributed by atoms with Crippen molar-refractivity contribution in [1.29, 1.82) is 0 Å². The average molecular weight is 360 g/mol. The number of anilines is 1. The van der Waals surface area contributed by atoms with Gasteiger partial charge in [-0.3, -0.25) is 14.4 Å². The fourth-order valence-corrected chi connectivity index (χ4v) is 3.27. The Bertz CT molecular complexity index is 676. The summed E-state index contributed by atoms with van der Waals surface area (Å²) in [5, 5.41) is 14.9. The lowest BCUT2D eigenvalue weighted by Gasteiger charge is -2.26. The molecule has 0 saturated heterocycles. The normalized spacial score (nSPS) is 19.8. The molecule has 1 aromatic carbocycles. The van der Waals surface area contributed by atoms with Gasteiger partial charge in [-0.1, -0.05) is 13.8 Å². The van der Waals surface area contributed by atoms with Gasteiger partial charge in [0.2, 0.25) is 5.91 Å². The van der Waals surface area contributed by atoms with E-state index in [1.807, 2.05) is 20.8 Å². The Balaban J connectivity index is 1.93. The van der Waals surface area contributed by atoms with E-state index in [0.717, 1.165) is 5.56 Å². The molecule has 0 aliphatic heterocycles. The molecule has 0 unspecified atom stereocenters. The first-order chi connectivity index (χ1) is 12.3. The predicted octanol–water partition coefficient (Wildman–Crippen LogP) is 3.35. The highest BCUT2D eigenvalue weighted by Crippen LogP contribution is 2.25. The molecular weight excluding hydrogens is 332 g/mol. The molecule has 0 radical (unpaired) electrons. The number of rotatable bonds is 6. The Morgan fingerprint density at radius 1 is 1.15 bits per heavy atom. The van der Waals surface area contributed by atoms with Crippen LogP contribution in [0.3, 0.4) is 0 Å². The Labute approximate surface area is 154 Å². The molecule has 0 bridgehead atoms. The topological polar surface area (TPSA) is 95.5 Å². The van der Waals surface area contributed by atoms with Crippen molar-refractivity contribution in [2.24, 2.45) is 11.8 Å². The van der Waals surface area contributed by atoms with Crippen LogP contribution in [0.25, 0.3) is 0 Å². The third-order valence-electron chi connectivity index (χ3n) is 4.77. The van der Waals surface area contributed by atoms with Gasteiger partial charge in [-0.25, -0.2) is 0 Å². The SMILES string of the molecule is Cc1cc(C(=O)NC2CCC(C(=O)O)CC2)ccc1NC(=O)CC(C)C. The second kappa shape index (κ2) is 8.83. The Kier molecular flexibility index (Phi) is 6.77. The van der Waals surface area contributed by atoms with E-state index in [-0.39, 0.29) is 29.7 Å². The van der Waals surface area contributed by atoms with E-state index >= 15 is 0 Å². The summed E-state index contributed by atoms with van der Waals surface area (Å²) in [6.45, 7) is 5.84. The molecule has 0 atom stereocenters. The summed E-state index contributed by atoms with van der Waals surface area (Å²) in [6.07, 6.45) is 3.02. The maximum Gasteiger partial charge on any atom is 0.306 e. The molecule has 1 fully saturated rings. The molecule has 6 heteroatoms. The summed E-state index contributed by atoms with van der Waals surface area (Å²) in [4.78, 5) is 35.3. The van der Waals surface area contributed by atoms with Crippen LogP contribution >= 0.6 is 0 Å². The summed E-state index contributed by atoms with van der Waals surface area (Å²) in [6, 6.07) is 5.24. The van der Waals surface area contributed by atoms with Gasteiger partial charge in [-0.15, -0.1) is 0 Å². The monoisotopic (exact) mass is 360 g/mol. The smallest absolute Gasteiger partial charge is 0.306 e. The predicted molar refractivity (Wildman–Crippen MR) is 100 cm³/mol. The molecule has 0 heterocycles. The zero-order valence-corrected chi connectivity index (χ0v) is 15.7. The van der Waals surface area contributed by atoms with Crippen LogP contribution in [0.15, 0.2) is 18.2 Å². The number of hydrogen-bond donors (Lipinski definition) is 3. The quantitative estimate of drug-likeness (QED) is 0.725. The van der Waals surface area contributed by atoms with Crippen molar-refractivity contribution >= 4 is 23.5 Å². The van der Waals surface area contributed by atoms with Gasteiger partial charge in [0.25, 0.3) is 5.91 Å². The highest BCUT2D eigenvalue weighted by molar-refractivity contribution is 5.96. The van der Waals surface area contributed by atoms with Crippen molar-refractivity contribution < 1.29 is 19.5 Å². The molecular formula is C20H28N2O4. The number of hydrogen-bond acceptors (Lipinski definition) is 3. The first kappa shape index (κ1) is 19.9. The number of carbonyl (C=O) groups is 3. The number of carboxylic acid groups (broad SMARTS) is 1. The van der Waals surface area contributed by atoms with Gasteiger partial charge >= 0.3 is 5.97 Å². The minimum absolute atomic E-state index is 0.0174. The summed E-state index contributed by atoms with van der Waals surface area (Å²) in [7, 11) is 0. The van der Waals surface area contributed by atoms with Crippen LogP contribution in [0.2, 0.25) is 0 Å². The van der Waals surface area contributed by atoms with Gasteiger partial charge < -0.3 is 15.7 Å². The first-order valence-corrected chi connectivity index (χ1v) is 9.20. The van der Waals surface area contributed by atoms with E-state index in [9.17, 15) is 14.4 Å². The van der Waals surface area contributed by atoms with E-state index in [0.29, 0.717) is 43.4 Å². The minimum Gasteiger partial charge on any atom is -0.481 e. The standard InChI is InChI=1S/C20H28N2O4/c1-12(2)10-18(23)22-17-9-6-15(11-13(17)3)19(24)21-16-7-4-14(5-8-16)20(25)26/h6,9,11-12,14,16H,4-5,7-8,10H2,1-3H3,(H,21,24)(H,22,23)(H,25,26). The number of amides is 2. The van der Waals surface area contributed by atoms with Gasteiger partial charge in [0.1, 0.15) is 0 Å². The van der Waals surface area contributed by atoms with E-state index in [1.165, 1.54) is 0 Å². The van der Waals surface area contributed by atoms with Gasteiger partial charge in [0.15, 0.2) is 0 Å². The number of nitrogens with one attached hydrogen (secondary N) is 2. The minimum atomic E-state index is -0.750. The fourth-order valence-electron chi connectivity index (χ4n) is 3.27. The van der Waals surface area contributed by atoms with Crippen LogP contribution < -0.4 is 10.6 Å². The highest BCUT2D eigenvalue weighted by Gasteiger charge is 2.26. The Morgan fingerprint density at radius 2 is 1.81 bits per heavy atom. The maximum atomic E-state index is 12.4. The zero-order chi connectivity index (χ0) is 19.3. The van der Waals surface area contributed by atoms with Crippen LogP contribution in [-0.4, -0.2) is 28.9 Å². The van der Waals surface area contributed by atoms with Gasteiger partial charge in [-0.2, -0.15) is 0 Å². The van der Waals surface area contributed by atoms with Crippen molar-refractivity contribution in [3.63, 3.8) is 0 Å². The van der Waals surface area contributed by atoms with Gasteiger partial charge in [0, 0.05) is 23.7 Å². The Morgan fingerprint density at radius 3 is 2.35 bits per heavy atom. The van der Waals surface area contributed by atoms with Crippen molar-refractivity contribution in [3.8, 4) is 0 Å². The van der Waals surface area contributed by atoms with Gasteiger partial charge in [0.05, 0.1) is 5.92 Å². The van der Waals surface area contributed by atoms with E-state index in [2.05, 4.69) is 10.6 Å². The van der Waals surface area contributed by atoms with Crippen molar-refractivity contribution in [2.45, 2.75) is 58.9 Å². The van der Waals surface area contributed by atoms with Crippen molar-refractivity contribution in [2.75, 3.05) is 5.32 Å². The maximum absolute atomic E-state index is 12.4. The van der Waals surface area contributed by atoms with Crippen LogP contribution in [0.5, 0.6) is 0 Å². The molecule has 0 aromatic heterocycles. The third-order valence-corrected chi connectivity index (χ3v) is 4.77. The molecule has 0 spiro atoms. The molecule has 3 N–H and O–H groups in total. The number of aliphatic carboxylic acids is 1. The van der Waals surface area contributed by atoms with Crippen molar-refractivity contribution in [3.05, 3.63) is 29.3 Å². The molecule has 26 heavy (non-hydrogen) atoms. The molecule has 1 aliphatic rings. The van der Waals surface area contributed by atoms with Crippen LogP contribution in [-0.2, 0) is 9.59 Å². The fraction of sp³-hybridized carbons (Fsp3) is 0.550. The summed E-state index contributed by atoms with van der Waals surface area (Å²) >= 11 is 0. The lowest BCUT2D eigenvalue weighted by molar-refractivity contribution is -0.142. The van der Waals surface area contributed by atoms with Crippen LogP contribution in [0, 0.1) is 18.8 Å². The molecule has 6 nitrogen and oxygen atoms in total. The summed E-state index contributed by atoms with van der Waals surface area (Å²) in [5.74, 6) is -0.946. The highest BCUT2D eigenvalue weighted by atomic mass is 16.4. The van der Waals surface area contributed by atoms with E-state index < -0.39 is 5.97 Å². The van der Waals surface area contributed by atoms with Crippen molar-refractivity contribution in [1.82, 2.24) is 5.32 Å². The van der Waals surface area contributed by atoms with E-state index in [4.69, 9.17) is 5.11 Å². The molecule has 1 aliphatic carbocycles. The average Bonchev–Trinajstić information content (AvgIpc) is 2.56. The first-order valence-electron chi connectivity index (χ1n) is 9.20. The van der Waals surface area contributed by atoms with Gasteiger partial charge in [-0.05, 0) is 62.3 Å². The number of carbonyl (C=O) groups excluding carboxylic acids is 2. The Hall–Kier alpha value is -2.37. The molecule has 1 saturated carbocycles. The summed E-state index contributed by atoms with van der Waals surface area (Å²) < 4.78 is 0.